The third kappa shape index (κ3) is 4.08. The molecule has 0 atom stereocenters. The minimum absolute atomic E-state index is 0.138. The Bertz CT molecular complexity index is 768. The second kappa shape index (κ2) is 8.29. The molecule has 1 aliphatic rings. The molecule has 0 spiro atoms. The molecule has 26 heavy (non-hydrogen) atoms. The summed E-state index contributed by atoms with van der Waals surface area (Å²) in [4.78, 5) is 37.3. The van der Waals surface area contributed by atoms with Crippen molar-refractivity contribution in [1.82, 2.24) is 4.90 Å². The minimum atomic E-state index is -0.377. The summed E-state index contributed by atoms with van der Waals surface area (Å²) >= 11 is 0. The van der Waals surface area contributed by atoms with Crippen LogP contribution >= 0.6 is 0 Å². The van der Waals surface area contributed by atoms with E-state index in [1.165, 1.54) is 4.90 Å². The first kappa shape index (κ1) is 17.7. The van der Waals surface area contributed by atoms with Crippen molar-refractivity contribution in [3.05, 3.63) is 65.7 Å². The summed E-state index contributed by atoms with van der Waals surface area (Å²) in [6.45, 7) is 0.622. The standard InChI is InChI=1S/C20H19NO5/c22-18(26-14-13-25-15-7-2-1-3-8-15)11-6-12-21-19(23)16-9-4-5-10-17(16)20(21)24/h1-5,7-10H,6,11-14H2. The second-order valence-corrected chi connectivity index (χ2v) is 5.79. The summed E-state index contributed by atoms with van der Waals surface area (Å²) in [6.07, 6.45) is 0.503. The Morgan fingerprint density at radius 2 is 1.46 bits per heavy atom. The highest BCUT2D eigenvalue weighted by atomic mass is 16.6. The lowest BCUT2D eigenvalue weighted by Gasteiger charge is -2.13. The molecule has 0 bridgehead atoms. The van der Waals surface area contributed by atoms with E-state index in [0.717, 1.165) is 0 Å². The number of esters is 1. The highest BCUT2D eigenvalue weighted by Crippen LogP contribution is 2.22. The van der Waals surface area contributed by atoms with Gasteiger partial charge in [-0.2, -0.15) is 0 Å². The Labute approximate surface area is 151 Å². The number of nitrogens with zero attached hydrogens (tertiary/aromatic N) is 1. The van der Waals surface area contributed by atoms with E-state index in [9.17, 15) is 14.4 Å². The molecular formula is C20H19NO5. The molecule has 0 saturated carbocycles. The predicted molar refractivity (Wildman–Crippen MR) is 93.9 cm³/mol. The molecule has 0 aliphatic carbocycles. The lowest BCUT2D eigenvalue weighted by Crippen LogP contribution is -2.31. The van der Waals surface area contributed by atoms with Gasteiger partial charge in [-0.25, -0.2) is 0 Å². The fourth-order valence-electron chi connectivity index (χ4n) is 2.73. The van der Waals surface area contributed by atoms with Crippen molar-refractivity contribution in [3.63, 3.8) is 0 Å². The maximum atomic E-state index is 12.2. The number of ether oxygens (including phenoxy) is 2. The fraction of sp³-hybridized carbons (Fsp3) is 0.250. The van der Waals surface area contributed by atoms with E-state index >= 15 is 0 Å². The van der Waals surface area contributed by atoms with Gasteiger partial charge in [0.15, 0.2) is 0 Å². The van der Waals surface area contributed by atoms with Crippen LogP contribution in [0.3, 0.4) is 0 Å². The number of fused-ring (bicyclic) bond motifs is 1. The maximum Gasteiger partial charge on any atom is 0.305 e. The number of para-hydroxylation sites is 1. The van der Waals surface area contributed by atoms with Crippen LogP contribution in [0.4, 0.5) is 0 Å². The lowest BCUT2D eigenvalue weighted by molar-refractivity contribution is -0.144. The zero-order valence-corrected chi connectivity index (χ0v) is 14.2. The molecule has 0 N–H and O–H groups in total. The van der Waals surface area contributed by atoms with Crippen LogP contribution in [-0.4, -0.2) is 42.4 Å². The van der Waals surface area contributed by atoms with Crippen LogP contribution in [0.5, 0.6) is 5.75 Å². The van der Waals surface area contributed by atoms with Gasteiger partial charge in [0.05, 0.1) is 11.1 Å². The van der Waals surface area contributed by atoms with Crippen molar-refractivity contribution in [3.8, 4) is 5.75 Å². The zero-order chi connectivity index (χ0) is 18.4. The van der Waals surface area contributed by atoms with E-state index in [2.05, 4.69) is 0 Å². The van der Waals surface area contributed by atoms with Crippen LogP contribution in [0.15, 0.2) is 54.6 Å². The van der Waals surface area contributed by atoms with Crippen molar-refractivity contribution < 1.29 is 23.9 Å². The van der Waals surface area contributed by atoms with Crippen LogP contribution in [0.25, 0.3) is 0 Å². The van der Waals surface area contributed by atoms with Crippen molar-refractivity contribution in [1.29, 1.82) is 0 Å². The molecule has 0 aromatic heterocycles. The van der Waals surface area contributed by atoms with Gasteiger partial charge in [-0.1, -0.05) is 30.3 Å². The lowest BCUT2D eigenvalue weighted by atomic mass is 10.1. The van der Waals surface area contributed by atoms with Gasteiger partial charge >= 0.3 is 5.97 Å². The van der Waals surface area contributed by atoms with E-state index in [1.807, 2.05) is 30.3 Å². The predicted octanol–water partition coefficient (Wildman–Crippen LogP) is 2.69. The minimum Gasteiger partial charge on any atom is -0.490 e. The van der Waals surface area contributed by atoms with Crippen molar-refractivity contribution in [2.75, 3.05) is 19.8 Å². The molecule has 0 fully saturated rings. The van der Waals surface area contributed by atoms with Crippen LogP contribution < -0.4 is 4.74 Å². The van der Waals surface area contributed by atoms with Gasteiger partial charge in [-0.15, -0.1) is 0 Å². The molecule has 3 rings (SSSR count). The normalized spacial score (nSPS) is 12.8. The Balaban J connectivity index is 1.35. The van der Waals surface area contributed by atoms with Crippen LogP contribution in [0, 0.1) is 0 Å². The molecular weight excluding hydrogens is 334 g/mol. The fourth-order valence-corrected chi connectivity index (χ4v) is 2.73. The van der Waals surface area contributed by atoms with E-state index in [4.69, 9.17) is 9.47 Å². The number of hydrogen-bond acceptors (Lipinski definition) is 5. The summed E-state index contributed by atoms with van der Waals surface area (Å²) in [7, 11) is 0. The molecule has 0 unspecified atom stereocenters. The van der Waals surface area contributed by atoms with Crippen molar-refractivity contribution >= 4 is 17.8 Å². The molecule has 2 aromatic rings. The van der Waals surface area contributed by atoms with Gasteiger partial charge in [0.1, 0.15) is 19.0 Å². The number of imide groups is 1. The van der Waals surface area contributed by atoms with Crippen LogP contribution in [-0.2, 0) is 9.53 Å². The number of amides is 2. The second-order valence-electron chi connectivity index (χ2n) is 5.79. The number of carbonyl (C=O) groups is 3. The average Bonchev–Trinajstić information content (AvgIpc) is 2.91. The van der Waals surface area contributed by atoms with Crippen LogP contribution in [0.1, 0.15) is 33.6 Å². The molecule has 1 aliphatic heterocycles. The Morgan fingerprint density at radius 1 is 0.846 bits per heavy atom. The monoisotopic (exact) mass is 353 g/mol. The third-order valence-corrected chi connectivity index (χ3v) is 4.00. The largest absolute Gasteiger partial charge is 0.490 e. The zero-order valence-electron chi connectivity index (χ0n) is 14.2. The summed E-state index contributed by atoms with van der Waals surface area (Å²) < 4.78 is 10.5. The number of benzene rings is 2. The summed E-state index contributed by atoms with van der Waals surface area (Å²) in [5, 5.41) is 0. The van der Waals surface area contributed by atoms with E-state index in [-0.39, 0.29) is 44.0 Å². The summed E-state index contributed by atoms with van der Waals surface area (Å²) in [5.74, 6) is -0.280. The SMILES string of the molecule is O=C(CCCN1C(=O)c2ccccc2C1=O)OCCOc1ccccc1. The van der Waals surface area contributed by atoms with E-state index in [0.29, 0.717) is 23.3 Å². The van der Waals surface area contributed by atoms with Gasteiger partial charge in [0, 0.05) is 13.0 Å². The molecule has 134 valence electrons. The molecule has 1 heterocycles. The number of rotatable bonds is 8. The maximum absolute atomic E-state index is 12.2. The molecule has 0 radical (unpaired) electrons. The first-order chi connectivity index (χ1) is 12.7. The Kier molecular flexibility index (Phi) is 5.63. The molecule has 0 saturated heterocycles. The number of hydrogen-bond donors (Lipinski definition) is 0. The molecule has 6 nitrogen and oxygen atoms in total. The first-order valence-corrected chi connectivity index (χ1v) is 8.45. The Hall–Kier alpha value is -3.15. The van der Waals surface area contributed by atoms with E-state index in [1.54, 1.807) is 24.3 Å². The van der Waals surface area contributed by atoms with Gasteiger partial charge in [-0.05, 0) is 30.7 Å². The third-order valence-electron chi connectivity index (χ3n) is 4.00. The van der Waals surface area contributed by atoms with Crippen molar-refractivity contribution in [2.24, 2.45) is 0 Å². The molecule has 2 aromatic carbocycles. The van der Waals surface area contributed by atoms with Gasteiger partial charge in [0.25, 0.3) is 11.8 Å². The van der Waals surface area contributed by atoms with Gasteiger partial charge < -0.3 is 9.47 Å². The summed E-state index contributed by atoms with van der Waals surface area (Å²) in [5.41, 5.74) is 0.830. The van der Waals surface area contributed by atoms with Gasteiger partial charge in [-0.3, -0.25) is 19.3 Å². The van der Waals surface area contributed by atoms with Crippen molar-refractivity contribution in [2.45, 2.75) is 12.8 Å². The first-order valence-electron chi connectivity index (χ1n) is 8.45. The highest BCUT2D eigenvalue weighted by Gasteiger charge is 2.34. The topological polar surface area (TPSA) is 72.9 Å². The highest BCUT2D eigenvalue weighted by molar-refractivity contribution is 6.21. The molecule has 2 amide bonds. The Morgan fingerprint density at radius 3 is 2.12 bits per heavy atom. The quantitative estimate of drug-likeness (QED) is 0.414. The number of carbonyl (C=O) groups excluding carboxylic acids is 3. The van der Waals surface area contributed by atoms with Gasteiger partial charge in [0.2, 0.25) is 0 Å². The van der Waals surface area contributed by atoms with E-state index < -0.39 is 0 Å². The molecule has 6 heteroatoms. The summed E-state index contributed by atoms with van der Waals surface area (Å²) in [6, 6.07) is 16.0. The smallest absolute Gasteiger partial charge is 0.305 e. The average molecular weight is 353 g/mol. The van der Waals surface area contributed by atoms with Crippen LogP contribution in [0.2, 0.25) is 0 Å².